The maximum Gasteiger partial charge on any atom is 0.410 e. The number of nitrogens with zero attached hydrogens (tertiary/aromatic N) is 1. The molecule has 1 N–H and O–H groups in total. The summed E-state index contributed by atoms with van der Waals surface area (Å²) >= 11 is 0. The Kier molecular flexibility index (Phi) is 6.32. The summed E-state index contributed by atoms with van der Waals surface area (Å²) in [7, 11) is -1.91. The molecule has 0 saturated carbocycles. The smallest absolute Gasteiger partial charge is 0.410 e. The Morgan fingerprint density at radius 2 is 1.74 bits per heavy atom. The van der Waals surface area contributed by atoms with Crippen LogP contribution in [-0.2, 0) is 9.16 Å². The quantitative estimate of drug-likeness (QED) is 0.794. The van der Waals surface area contributed by atoms with Crippen LogP contribution in [0, 0.1) is 5.92 Å². The van der Waals surface area contributed by atoms with Crippen LogP contribution in [0.3, 0.4) is 0 Å². The summed E-state index contributed by atoms with van der Waals surface area (Å²) in [5.41, 5.74) is -0.515. The Morgan fingerprint density at radius 3 is 2.17 bits per heavy atom. The van der Waals surface area contributed by atoms with Gasteiger partial charge in [0.1, 0.15) is 5.60 Å². The van der Waals surface area contributed by atoms with Gasteiger partial charge in [-0.1, -0.05) is 20.8 Å². The van der Waals surface area contributed by atoms with Crippen molar-refractivity contribution >= 4 is 14.4 Å². The van der Waals surface area contributed by atoms with Gasteiger partial charge in [-0.25, -0.2) is 4.79 Å². The fraction of sp³-hybridized carbons (Fsp3) is 0.941. The first kappa shape index (κ1) is 20.5. The summed E-state index contributed by atoms with van der Waals surface area (Å²) in [5, 5.41) is 9.70. The minimum atomic E-state index is -1.91. The van der Waals surface area contributed by atoms with E-state index in [-0.39, 0.29) is 29.8 Å². The number of amides is 1. The first-order valence-corrected chi connectivity index (χ1v) is 11.4. The number of aliphatic hydroxyl groups excluding tert-OH is 1. The molecule has 1 heterocycles. The molecule has 1 saturated heterocycles. The van der Waals surface area contributed by atoms with E-state index in [1.165, 1.54) is 0 Å². The summed E-state index contributed by atoms with van der Waals surface area (Å²) in [5.74, 6) is 0.0473. The van der Waals surface area contributed by atoms with Gasteiger partial charge < -0.3 is 19.2 Å². The lowest BCUT2D eigenvalue weighted by molar-refractivity contribution is -0.0111. The average molecular weight is 346 g/mol. The summed E-state index contributed by atoms with van der Waals surface area (Å²) in [4.78, 5) is 14.0. The predicted octanol–water partition coefficient (Wildman–Crippen LogP) is 3.63. The van der Waals surface area contributed by atoms with E-state index >= 15 is 0 Å². The van der Waals surface area contributed by atoms with E-state index < -0.39 is 13.9 Å². The molecule has 5 nitrogen and oxygen atoms in total. The Bertz CT molecular complexity index is 412. The first-order chi connectivity index (χ1) is 10.2. The molecule has 0 aromatic heterocycles. The molecular weight excluding hydrogens is 310 g/mol. The van der Waals surface area contributed by atoms with E-state index in [2.05, 4.69) is 33.9 Å². The van der Waals surface area contributed by atoms with E-state index in [1.54, 1.807) is 4.90 Å². The molecule has 0 spiro atoms. The van der Waals surface area contributed by atoms with Crippen LogP contribution in [0.15, 0.2) is 0 Å². The number of ether oxygens (including phenoxy) is 1. The molecule has 1 aliphatic rings. The molecule has 1 rings (SSSR count). The van der Waals surface area contributed by atoms with E-state index in [1.807, 2.05) is 20.8 Å². The van der Waals surface area contributed by atoms with Crippen LogP contribution < -0.4 is 0 Å². The number of piperidine rings is 1. The highest BCUT2D eigenvalue weighted by Gasteiger charge is 2.42. The van der Waals surface area contributed by atoms with Gasteiger partial charge in [0, 0.05) is 25.6 Å². The van der Waals surface area contributed by atoms with Crippen LogP contribution >= 0.6 is 0 Å². The van der Waals surface area contributed by atoms with Gasteiger partial charge in [0.2, 0.25) is 0 Å². The summed E-state index contributed by atoms with van der Waals surface area (Å²) in [6.07, 6.45) is 0.441. The lowest BCUT2D eigenvalue weighted by Gasteiger charge is -2.44. The molecule has 0 aromatic carbocycles. The highest BCUT2D eigenvalue weighted by molar-refractivity contribution is 6.74. The summed E-state index contributed by atoms with van der Waals surface area (Å²) in [6.45, 7) is 17.8. The number of carbonyl (C=O) groups excluding carboxylic acids is 1. The minimum absolute atomic E-state index is 0.0330. The maximum atomic E-state index is 12.4. The second-order valence-electron chi connectivity index (χ2n) is 9.17. The van der Waals surface area contributed by atoms with Gasteiger partial charge in [0.05, 0.1) is 6.10 Å². The van der Waals surface area contributed by atoms with Gasteiger partial charge >= 0.3 is 6.09 Å². The molecule has 0 unspecified atom stereocenters. The van der Waals surface area contributed by atoms with Crippen molar-refractivity contribution in [3.05, 3.63) is 0 Å². The Morgan fingerprint density at radius 1 is 1.17 bits per heavy atom. The molecule has 6 heteroatoms. The van der Waals surface area contributed by atoms with Crippen LogP contribution in [0.1, 0.15) is 48.0 Å². The lowest BCUT2D eigenvalue weighted by atomic mass is 9.97. The maximum absolute atomic E-state index is 12.4. The minimum Gasteiger partial charge on any atom is -0.444 e. The zero-order chi connectivity index (χ0) is 18.1. The van der Waals surface area contributed by atoms with Crippen molar-refractivity contribution < 1.29 is 19.1 Å². The topological polar surface area (TPSA) is 59.0 Å². The molecule has 1 amide bonds. The third-order valence-electron chi connectivity index (χ3n) is 4.68. The number of likely N-dealkylation sites (tertiary alicyclic amines) is 1. The molecule has 136 valence electrons. The van der Waals surface area contributed by atoms with Gasteiger partial charge in [0.25, 0.3) is 0 Å². The highest BCUT2D eigenvalue weighted by Crippen LogP contribution is 2.38. The highest BCUT2D eigenvalue weighted by atomic mass is 28.4. The number of rotatable bonds is 3. The van der Waals surface area contributed by atoms with E-state index in [0.717, 1.165) is 6.42 Å². The third-order valence-corrected chi connectivity index (χ3v) is 9.21. The van der Waals surface area contributed by atoms with Crippen molar-refractivity contribution in [3.63, 3.8) is 0 Å². The number of carbonyl (C=O) groups is 1. The number of hydrogen-bond donors (Lipinski definition) is 1. The average Bonchev–Trinajstić information content (AvgIpc) is 2.34. The predicted molar refractivity (Wildman–Crippen MR) is 95.1 cm³/mol. The van der Waals surface area contributed by atoms with Gasteiger partial charge in [-0.15, -0.1) is 0 Å². The Labute approximate surface area is 142 Å². The van der Waals surface area contributed by atoms with Crippen LogP contribution in [-0.4, -0.2) is 55.8 Å². The van der Waals surface area contributed by atoms with Crippen molar-refractivity contribution in [3.8, 4) is 0 Å². The van der Waals surface area contributed by atoms with Crippen LogP contribution in [0.4, 0.5) is 4.79 Å². The molecule has 2 atom stereocenters. The van der Waals surface area contributed by atoms with E-state index in [9.17, 15) is 9.90 Å². The molecule has 23 heavy (non-hydrogen) atoms. The molecule has 0 aromatic rings. The molecule has 1 fully saturated rings. The second kappa shape index (κ2) is 7.11. The molecule has 0 bridgehead atoms. The largest absolute Gasteiger partial charge is 0.444 e. The van der Waals surface area contributed by atoms with Gasteiger partial charge in [0.15, 0.2) is 8.32 Å². The normalized spacial score (nSPS) is 23.8. The van der Waals surface area contributed by atoms with E-state index in [0.29, 0.717) is 13.1 Å². The van der Waals surface area contributed by atoms with Crippen molar-refractivity contribution in [1.82, 2.24) is 4.90 Å². The van der Waals surface area contributed by atoms with Gasteiger partial charge in [-0.05, 0) is 45.3 Å². The van der Waals surface area contributed by atoms with Crippen molar-refractivity contribution in [2.24, 2.45) is 5.92 Å². The molecule has 0 radical (unpaired) electrons. The third kappa shape index (κ3) is 6.08. The second-order valence-corrected chi connectivity index (χ2v) is 13.9. The first-order valence-electron chi connectivity index (χ1n) is 8.52. The molecule has 1 aliphatic heterocycles. The molecule has 0 aliphatic carbocycles. The molecular formula is C17H35NO4Si. The summed E-state index contributed by atoms with van der Waals surface area (Å²) in [6, 6.07) is 0. The zero-order valence-corrected chi connectivity index (χ0v) is 17.1. The van der Waals surface area contributed by atoms with Crippen LogP contribution in [0.25, 0.3) is 0 Å². The SMILES string of the molecule is CC(C)(C)OC(=O)N1C[C@H](CO)C[C@H](O[Si](C)(C)C(C)(C)C)C1. The number of hydrogen-bond acceptors (Lipinski definition) is 4. The van der Waals surface area contributed by atoms with Crippen molar-refractivity contribution in [2.75, 3.05) is 19.7 Å². The standard InChI is InChI=1S/C17H35NO4Si/c1-16(2,3)21-15(20)18-10-13(12-19)9-14(11-18)22-23(7,8)17(4,5)6/h13-14,19H,9-12H2,1-8H3/t13-,14+/m1/s1. The van der Waals surface area contributed by atoms with Gasteiger partial charge in [-0.2, -0.15) is 0 Å². The monoisotopic (exact) mass is 345 g/mol. The van der Waals surface area contributed by atoms with Crippen LogP contribution in [0.2, 0.25) is 18.1 Å². The number of aliphatic hydroxyl groups is 1. The Balaban J connectivity index is 2.80. The Hall–Kier alpha value is -0.593. The lowest BCUT2D eigenvalue weighted by Crippen LogP contribution is -2.53. The van der Waals surface area contributed by atoms with Crippen LogP contribution in [0.5, 0.6) is 0 Å². The summed E-state index contributed by atoms with van der Waals surface area (Å²) < 4.78 is 11.9. The zero-order valence-electron chi connectivity index (χ0n) is 16.1. The van der Waals surface area contributed by atoms with Gasteiger partial charge in [-0.3, -0.25) is 0 Å². The van der Waals surface area contributed by atoms with E-state index in [4.69, 9.17) is 9.16 Å². The fourth-order valence-corrected chi connectivity index (χ4v) is 3.80. The van der Waals surface area contributed by atoms with Crippen molar-refractivity contribution in [1.29, 1.82) is 0 Å². The fourth-order valence-electron chi connectivity index (χ4n) is 2.44. The van der Waals surface area contributed by atoms with Crippen molar-refractivity contribution in [2.45, 2.75) is 77.8 Å².